The van der Waals surface area contributed by atoms with Gasteiger partial charge in [-0.3, -0.25) is 0 Å². The molecule has 0 saturated carbocycles. The second-order valence-corrected chi connectivity index (χ2v) is 7.46. The lowest BCUT2D eigenvalue weighted by atomic mass is 10.3. The van der Waals surface area contributed by atoms with Crippen LogP contribution in [0.25, 0.3) is 0 Å². The number of piperazine rings is 1. The molecule has 0 aliphatic carbocycles. The first-order chi connectivity index (χ1) is 9.95. The van der Waals surface area contributed by atoms with Gasteiger partial charge in [0.25, 0.3) is 10.0 Å². The monoisotopic (exact) mass is 316 g/mol. The minimum atomic E-state index is -3.49. The van der Waals surface area contributed by atoms with Crippen LogP contribution in [0.3, 0.4) is 0 Å². The maximum atomic E-state index is 12.5. The normalized spacial score (nSPS) is 18.5. The van der Waals surface area contributed by atoms with Crippen LogP contribution in [-0.2, 0) is 10.0 Å². The van der Waals surface area contributed by atoms with Crippen molar-refractivity contribution in [2.45, 2.75) is 31.3 Å². The molecule has 21 heavy (non-hydrogen) atoms. The number of aliphatic hydroxyl groups is 1. The minimum absolute atomic E-state index is 0.125. The summed E-state index contributed by atoms with van der Waals surface area (Å²) >= 11 is 0. The molecule has 1 fully saturated rings. The van der Waals surface area contributed by atoms with E-state index in [0.29, 0.717) is 26.2 Å². The fourth-order valence-electron chi connectivity index (χ4n) is 2.35. The zero-order valence-electron chi connectivity index (χ0n) is 12.6. The van der Waals surface area contributed by atoms with Crippen LogP contribution in [0, 0.1) is 0 Å². The molecule has 0 unspecified atom stereocenters. The van der Waals surface area contributed by atoms with E-state index in [9.17, 15) is 8.42 Å². The third-order valence-electron chi connectivity index (χ3n) is 3.74. The fraction of sp³-hybridized carbons (Fsp3) is 0.769. The summed E-state index contributed by atoms with van der Waals surface area (Å²) in [4.78, 5) is 6.22. The predicted octanol–water partition coefficient (Wildman–Crippen LogP) is 0.153. The average molecular weight is 316 g/mol. The highest BCUT2D eigenvalue weighted by atomic mass is 32.2. The Kier molecular flexibility index (Phi) is 5.37. The van der Waals surface area contributed by atoms with Crippen molar-refractivity contribution in [3.05, 3.63) is 12.5 Å². The molecular weight excluding hydrogens is 292 g/mol. The van der Waals surface area contributed by atoms with Crippen molar-refractivity contribution >= 4 is 10.0 Å². The molecule has 8 heteroatoms. The molecule has 0 radical (unpaired) electrons. The third-order valence-corrected chi connectivity index (χ3v) is 5.53. The van der Waals surface area contributed by atoms with Gasteiger partial charge >= 0.3 is 0 Å². The number of rotatable bonds is 6. The van der Waals surface area contributed by atoms with Crippen LogP contribution < -0.4 is 0 Å². The van der Waals surface area contributed by atoms with E-state index in [1.54, 1.807) is 17.1 Å². The lowest BCUT2D eigenvalue weighted by molar-refractivity contribution is 0.171. The van der Waals surface area contributed by atoms with Gasteiger partial charge in [-0.25, -0.2) is 13.4 Å². The first kappa shape index (κ1) is 16.4. The van der Waals surface area contributed by atoms with Crippen LogP contribution in [0.1, 0.15) is 26.3 Å². The molecule has 1 aromatic rings. The third kappa shape index (κ3) is 3.82. The Morgan fingerprint density at radius 1 is 1.29 bits per heavy atom. The molecule has 120 valence electrons. The van der Waals surface area contributed by atoms with Crippen molar-refractivity contribution in [2.24, 2.45) is 0 Å². The van der Waals surface area contributed by atoms with Crippen molar-refractivity contribution in [1.29, 1.82) is 0 Å². The molecule has 2 rings (SSSR count). The molecule has 1 N–H and O–H groups in total. The minimum Gasteiger partial charge on any atom is -0.396 e. The van der Waals surface area contributed by atoms with Gasteiger partial charge in [0.1, 0.15) is 0 Å². The molecule has 0 atom stereocenters. The lowest BCUT2D eigenvalue weighted by Crippen LogP contribution is -2.48. The Balaban J connectivity index is 2.00. The summed E-state index contributed by atoms with van der Waals surface area (Å²) in [6.45, 7) is 7.30. The van der Waals surface area contributed by atoms with E-state index in [1.807, 2.05) is 13.8 Å². The van der Waals surface area contributed by atoms with Gasteiger partial charge < -0.3 is 14.6 Å². The molecule has 0 bridgehead atoms. The summed E-state index contributed by atoms with van der Waals surface area (Å²) in [5, 5.41) is 8.96. The molecule has 7 nitrogen and oxygen atoms in total. The molecule has 0 spiro atoms. The molecular formula is C13H24N4O3S. The molecule has 2 heterocycles. The van der Waals surface area contributed by atoms with Crippen molar-refractivity contribution < 1.29 is 13.5 Å². The quantitative estimate of drug-likeness (QED) is 0.808. The molecule has 1 aliphatic heterocycles. The molecule has 0 amide bonds. The van der Waals surface area contributed by atoms with Crippen molar-refractivity contribution in [2.75, 3.05) is 39.3 Å². The van der Waals surface area contributed by atoms with E-state index in [4.69, 9.17) is 5.11 Å². The smallest absolute Gasteiger partial charge is 0.262 e. The highest BCUT2D eigenvalue weighted by molar-refractivity contribution is 7.89. The summed E-state index contributed by atoms with van der Waals surface area (Å²) in [5.74, 6) is 0. The zero-order valence-corrected chi connectivity index (χ0v) is 13.5. The van der Waals surface area contributed by atoms with Gasteiger partial charge in [0, 0.05) is 51.6 Å². The maximum absolute atomic E-state index is 12.5. The van der Waals surface area contributed by atoms with Crippen LogP contribution in [0.4, 0.5) is 0 Å². The van der Waals surface area contributed by atoms with Gasteiger partial charge in [-0.05, 0) is 20.3 Å². The predicted molar refractivity (Wildman–Crippen MR) is 79.5 cm³/mol. The standard InChI is InChI=1S/C13H24N4O3S/c1-12(2)16-10-13(14-11-16)21(19,20)17-7-5-15(6-8-17)4-3-9-18/h10-12,18H,3-9H2,1-2H3. The topological polar surface area (TPSA) is 78.7 Å². The fourth-order valence-corrected chi connectivity index (χ4v) is 3.70. The molecule has 1 aromatic heterocycles. The van der Waals surface area contributed by atoms with Gasteiger partial charge in [-0.15, -0.1) is 0 Å². The number of aliphatic hydroxyl groups excluding tert-OH is 1. The Labute approximate surface area is 126 Å². The highest BCUT2D eigenvalue weighted by Gasteiger charge is 2.30. The number of hydrogen-bond donors (Lipinski definition) is 1. The second kappa shape index (κ2) is 6.87. The summed E-state index contributed by atoms with van der Waals surface area (Å²) in [5.41, 5.74) is 0. The number of hydrogen-bond acceptors (Lipinski definition) is 5. The van der Waals surface area contributed by atoms with Crippen molar-refractivity contribution in [3.63, 3.8) is 0 Å². The zero-order chi connectivity index (χ0) is 15.5. The van der Waals surface area contributed by atoms with Gasteiger partial charge in [-0.2, -0.15) is 4.31 Å². The van der Waals surface area contributed by atoms with E-state index in [2.05, 4.69) is 9.88 Å². The van der Waals surface area contributed by atoms with E-state index >= 15 is 0 Å². The lowest BCUT2D eigenvalue weighted by Gasteiger charge is -2.33. The van der Waals surface area contributed by atoms with Crippen LogP contribution in [0.5, 0.6) is 0 Å². The van der Waals surface area contributed by atoms with Gasteiger partial charge in [0.05, 0.1) is 6.33 Å². The van der Waals surface area contributed by atoms with Crippen LogP contribution in [0.2, 0.25) is 0 Å². The summed E-state index contributed by atoms with van der Waals surface area (Å²) < 4.78 is 28.4. The Hall–Kier alpha value is -0.960. The van der Waals surface area contributed by atoms with Crippen molar-refractivity contribution in [3.8, 4) is 0 Å². The Morgan fingerprint density at radius 3 is 2.48 bits per heavy atom. The van der Waals surface area contributed by atoms with Gasteiger partial charge in [0.15, 0.2) is 5.03 Å². The summed E-state index contributed by atoms with van der Waals surface area (Å²) in [7, 11) is -3.49. The van der Waals surface area contributed by atoms with E-state index in [0.717, 1.165) is 13.0 Å². The van der Waals surface area contributed by atoms with Crippen LogP contribution in [-0.4, -0.2) is 71.6 Å². The van der Waals surface area contributed by atoms with Gasteiger partial charge in [0.2, 0.25) is 0 Å². The Morgan fingerprint density at radius 2 is 1.95 bits per heavy atom. The van der Waals surface area contributed by atoms with E-state index in [1.165, 1.54) is 4.31 Å². The first-order valence-electron chi connectivity index (χ1n) is 7.32. The van der Waals surface area contributed by atoms with Crippen LogP contribution in [0.15, 0.2) is 17.6 Å². The molecule has 0 aromatic carbocycles. The number of sulfonamides is 1. The van der Waals surface area contributed by atoms with Crippen molar-refractivity contribution in [1.82, 2.24) is 18.8 Å². The van der Waals surface area contributed by atoms with Crippen LogP contribution >= 0.6 is 0 Å². The summed E-state index contributed by atoms with van der Waals surface area (Å²) in [6, 6.07) is 0.191. The highest BCUT2D eigenvalue weighted by Crippen LogP contribution is 2.17. The number of aromatic nitrogens is 2. The number of nitrogens with zero attached hydrogens (tertiary/aromatic N) is 4. The summed E-state index contributed by atoms with van der Waals surface area (Å²) in [6.07, 6.45) is 3.89. The number of imidazole rings is 1. The second-order valence-electron chi connectivity index (χ2n) is 5.58. The first-order valence-corrected chi connectivity index (χ1v) is 8.76. The van der Waals surface area contributed by atoms with E-state index in [-0.39, 0.29) is 17.7 Å². The van der Waals surface area contributed by atoms with Gasteiger partial charge in [-0.1, -0.05) is 0 Å². The Bertz CT molecular complexity index is 548. The average Bonchev–Trinajstić information content (AvgIpc) is 2.96. The molecule has 1 saturated heterocycles. The maximum Gasteiger partial charge on any atom is 0.262 e. The van der Waals surface area contributed by atoms with E-state index < -0.39 is 10.0 Å². The molecule has 1 aliphatic rings. The largest absolute Gasteiger partial charge is 0.396 e. The SMILES string of the molecule is CC(C)n1cnc(S(=O)(=O)N2CCN(CCCO)CC2)c1.